The lowest BCUT2D eigenvalue weighted by atomic mass is 10.1. The van der Waals surface area contributed by atoms with Crippen molar-refractivity contribution in [2.24, 2.45) is 0 Å². The van der Waals surface area contributed by atoms with Crippen molar-refractivity contribution in [2.45, 2.75) is 12.6 Å². The van der Waals surface area contributed by atoms with Crippen LogP contribution in [0.1, 0.15) is 17.2 Å². The molecule has 2 aromatic carbocycles. The number of hydrogen-bond donors (Lipinski definition) is 2. The molecule has 0 unspecified atom stereocenters. The van der Waals surface area contributed by atoms with Crippen molar-refractivity contribution >= 4 is 11.6 Å². The molecule has 0 amide bonds. The molecular weight excluding hydrogens is 265 g/mol. The van der Waals surface area contributed by atoms with Gasteiger partial charge in [0.25, 0.3) is 0 Å². The number of halogens is 2. The molecule has 2 nitrogen and oxygen atoms in total. The smallest absolute Gasteiger partial charge is 0.141 e. The van der Waals surface area contributed by atoms with Crippen molar-refractivity contribution in [1.29, 1.82) is 0 Å². The molecule has 0 aliphatic carbocycles. The van der Waals surface area contributed by atoms with E-state index in [0.717, 1.165) is 11.1 Å². The highest BCUT2D eigenvalue weighted by Gasteiger charge is 2.09. The zero-order valence-corrected chi connectivity index (χ0v) is 11.1. The molecule has 0 fully saturated rings. The largest absolute Gasteiger partial charge is 0.394 e. The van der Waals surface area contributed by atoms with E-state index in [4.69, 9.17) is 11.6 Å². The first kappa shape index (κ1) is 14.0. The zero-order chi connectivity index (χ0) is 13.7. The monoisotopic (exact) mass is 279 g/mol. The predicted molar refractivity (Wildman–Crippen MR) is 74.5 cm³/mol. The molecule has 0 bridgehead atoms. The number of aliphatic hydroxyl groups excluding tert-OH is 1. The van der Waals surface area contributed by atoms with Crippen LogP contribution in [-0.2, 0) is 6.54 Å². The lowest BCUT2D eigenvalue weighted by Gasteiger charge is -2.16. The molecule has 0 spiro atoms. The van der Waals surface area contributed by atoms with Gasteiger partial charge in [-0.05, 0) is 23.3 Å². The van der Waals surface area contributed by atoms with Gasteiger partial charge in [0, 0.05) is 6.54 Å². The summed E-state index contributed by atoms with van der Waals surface area (Å²) in [4.78, 5) is 0. The van der Waals surface area contributed by atoms with E-state index in [2.05, 4.69) is 5.32 Å². The summed E-state index contributed by atoms with van der Waals surface area (Å²) in [5.41, 5.74) is 1.89. The molecular formula is C15H15ClFNO. The average Bonchev–Trinajstić information content (AvgIpc) is 2.44. The highest BCUT2D eigenvalue weighted by molar-refractivity contribution is 6.30. The average molecular weight is 280 g/mol. The normalized spacial score (nSPS) is 12.4. The lowest BCUT2D eigenvalue weighted by molar-refractivity contribution is 0.243. The van der Waals surface area contributed by atoms with E-state index in [1.807, 2.05) is 30.3 Å². The molecule has 0 aliphatic heterocycles. The Hall–Kier alpha value is -1.42. The van der Waals surface area contributed by atoms with Crippen LogP contribution in [0.4, 0.5) is 4.39 Å². The van der Waals surface area contributed by atoms with Gasteiger partial charge < -0.3 is 10.4 Å². The quantitative estimate of drug-likeness (QED) is 0.880. The molecule has 100 valence electrons. The minimum Gasteiger partial charge on any atom is -0.394 e. The van der Waals surface area contributed by atoms with Crippen molar-refractivity contribution in [2.75, 3.05) is 6.61 Å². The van der Waals surface area contributed by atoms with Crippen molar-refractivity contribution in [3.8, 4) is 0 Å². The van der Waals surface area contributed by atoms with Crippen LogP contribution < -0.4 is 5.32 Å². The van der Waals surface area contributed by atoms with Crippen LogP contribution in [0, 0.1) is 5.82 Å². The van der Waals surface area contributed by atoms with Crippen molar-refractivity contribution in [1.82, 2.24) is 5.32 Å². The fourth-order valence-corrected chi connectivity index (χ4v) is 2.07. The minimum absolute atomic E-state index is 0.00105. The van der Waals surface area contributed by atoms with Gasteiger partial charge >= 0.3 is 0 Å². The molecule has 0 saturated carbocycles. The van der Waals surface area contributed by atoms with Gasteiger partial charge in [-0.3, -0.25) is 0 Å². The Morgan fingerprint density at radius 2 is 1.89 bits per heavy atom. The molecule has 0 saturated heterocycles. The molecule has 0 radical (unpaired) electrons. The second-order valence-electron chi connectivity index (χ2n) is 4.28. The van der Waals surface area contributed by atoms with Gasteiger partial charge in [-0.1, -0.05) is 48.0 Å². The first-order valence-corrected chi connectivity index (χ1v) is 6.41. The van der Waals surface area contributed by atoms with Crippen LogP contribution in [0.3, 0.4) is 0 Å². The van der Waals surface area contributed by atoms with E-state index in [0.29, 0.717) is 6.54 Å². The molecule has 0 aromatic heterocycles. The van der Waals surface area contributed by atoms with Crippen LogP contribution in [0.15, 0.2) is 48.5 Å². The number of hydrogen-bond acceptors (Lipinski definition) is 2. The van der Waals surface area contributed by atoms with Crippen molar-refractivity contribution < 1.29 is 9.50 Å². The Balaban J connectivity index is 2.02. The molecule has 0 heterocycles. The van der Waals surface area contributed by atoms with Gasteiger partial charge in [-0.2, -0.15) is 0 Å². The molecule has 2 aromatic rings. The SMILES string of the molecule is OC[C@@H](NCc1ccc(F)c(Cl)c1)c1ccccc1. The predicted octanol–water partition coefficient (Wildman–Crippen LogP) is 3.30. The Bertz CT molecular complexity index is 533. The first-order chi connectivity index (χ1) is 9.20. The third kappa shape index (κ3) is 3.77. The van der Waals surface area contributed by atoms with E-state index in [-0.39, 0.29) is 17.7 Å². The van der Waals surface area contributed by atoms with Crippen LogP contribution >= 0.6 is 11.6 Å². The van der Waals surface area contributed by atoms with E-state index in [1.165, 1.54) is 6.07 Å². The maximum atomic E-state index is 13.0. The first-order valence-electron chi connectivity index (χ1n) is 6.04. The second kappa shape index (κ2) is 6.66. The Labute approximate surface area is 116 Å². The fraction of sp³-hybridized carbons (Fsp3) is 0.200. The van der Waals surface area contributed by atoms with E-state index in [9.17, 15) is 9.50 Å². The number of nitrogens with one attached hydrogen (secondary N) is 1. The summed E-state index contributed by atoms with van der Waals surface area (Å²) < 4.78 is 13.0. The summed E-state index contributed by atoms with van der Waals surface area (Å²) in [5, 5.41) is 12.7. The van der Waals surface area contributed by atoms with Crippen LogP contribution in [-0.4, -0.2) is 11.7 Å². The Morgan fingerprint density at radius 3 is 2.53 bits per heavy atom. The number of rotatable bonds is 5. The van der Waals surface area contributed by atoms with Crippen molar-refractivity contribution in [3.63, 3.8) is 0 Å². The fourth-order valence-electron chi connectivity index (χ4n) is 1.86. The summed E-state index contributed by atoms with van der Waals surface area (Å²) in [6.45, 7) is 0.513. The van der Waals surface area contributed by atoms with E-state index < -0.39 is 5.82 Å². The van der Waals surface area contributed by atoms with Crippen molar-refractivity contribution in [3.05, 3.63) is 70.5 Å². The Kier molecular flexibility index (Phi) is 4.91. The molecule has 2 rings (SSSR count). The topological polar surface area (TPSA) is 32.3 Å². The number of benzene rings is 2. The summed E-state index contributed by atoms with van der Waals surface area (Å²) in [6, 6.07) is 14.1. The highest BCUT2D eigenvalue weighted by atomic mass is 35.5. The Morgan fingerprint density at radius 1 is 1.16 bits per heavy atom. The zero-order valence-electron chi connectivity index (χ0n) is 10.3. The van der Waals surface area contributed by atoms with Gasteiger partial charge in [0.2, 0.25) is 0 Å². The minimum atomic E-state index is -0.424. The van der Waals surface area contributed by atoms with E-state index in [1.54, 1.807) is 12.1 Å². The summed E-state index contributed by atoms with van der Waals surface area (Å²) in [5.74, 6) is -0.424. The summed E-state index contributed by atoms with van der Waals surface area (Å²) in [7, 11) is 0. The lowest BCUT2D eigenvalue weighted by Crippen LogP contribution is -2.23. The molecule has 0 aliphatic rings. The van der Waals surface area contributed by atoms with Gasteiger partial charge in [-0.15, -0.1) is 0 Å². The standard InChI is InChI=1S/C15H15ClFNO/c16-13-8-11(6-7-14(13)17)9-18-15(10-19)12-4-2-1-3-5-12/h1-8,15,18-19H,9-10H2/t15-/m1/s1. The molecule has 2 N–H and O–H groups in total. The maximum absolute atomic E-state index is 13.0. The summed E-state index contributed by atoms with van der Waals surface area (Å²) >= 11 is 5.73. The second-order valence-corrected chi connectivity index (χ2v) is 4.68. The molecule has 19 heavy (non-hydrogen) atoms. The van der Waals surface area contributed by atoms with Crippen LogP contribution in [0.2, 0.25) is 5.02 Å². The maximum Gasteiger partial charge on any atom is 0.141 e. The van der Waals surface area contributed by atoms with Gasteiger partial charge in [-0.25, -0.2) is 4.39 Å². The third-order valence-electron chi connectivity index (χ3n) is 2.92. The van der Waals surface area contributed by atoms with Crippen LogP contribution in [0.5, 0.6) is 0 Å². The van der Waals surface area contributed by atoms with Gasteiger partial charge in [0.05, 0.1) is 17.7 Å². The van der Waals surface area contributed by atoms with Gasteiger partial charge in [0.15, 0.2) is 0 Å². The van der Waals surface area contributed by atoms with Gasteiger partial charge in [0.1, 0.15) is 5.82 Å². The highest BCUT2D eigenvalue weighted by Crippen LogP contribution is 2.17. The van der Waals surface area contributed by atoms with E-state index >= 15 is 0 Å². The summed E-state index contributed by atoms with van der Waals surface area (Å²) in [6.07, 6.45) is 0. The third-order valence-corrected chi connectivity index (χ3v) is 3.21. The number of aliphatic hydroxyl groups is 1. The molecule has 1 atom stereocenters. The molecule has 4 heteroatoms. The van der Waals surface area contributed by atoms with Crippen LogP contribution in [0.25, 0.3) is 0 Å².